The molecule has 116 valence electrons. The van der Waals surface area contributed by atoms with E-state index in [0.717, 1.165) is 26.3 Å². The molecule has 0 bridgehead atoms. The van der Waals surface area contributed by atoms with E-state index in [4.69, 9.17) is 17.0 Å². The molecule has 0 aromatic rings. The topological polar surface area (TPSA) is 83.0 Å². The fraction of sp³-hybridized carbons (Fsp3) is 0.692. The molecule has 2 amide bonds. The Kier molecular flexibility index (Phi) is 5.02. The zero-order chi connectivity index (χ0) is 15.5. The Morgan fingerprint density at radius 2 is 1.90 bits per heavy atom. The first-order valence-electron chi connectivity index (χ1n) is 6.88. The Bertz CT molecular complexity index is 452. The maximum Gasteiger partial charge on any atom is 0.244 e. The van der Waals surface area contributed by atoms with Gasteiger partial charge in [-0.1, -0.05) is 0 Å². The molecule has 2 rings (SSSR count). The second kappa shape index (κ2) is 6.59. The first-order chi connectivity index (χ1) is 9.90. The molecule has 0 aromatic carbocycles. The third-order valence-corrected chi connectivity index (χ3v) is 3.84. The van der Waals surface area contributed by atoms with Crippen molar-refractivity contribution >= 4 is 35.4 Å². The first kappa shape index (κ1) is 16.0. The van der Waals surface area contributed by atoms with Crippen molar-refractivity contribution in [2.24, 2.45) is 10.9 Å². The summed E-state index contributed by atoms with van der Waals surface area (Å²) in [5.41, 5.74) is -0.142. The van der Waals surface area contributed by atoms with Gasteiger partial charge in [-0.05, 0) is 26.1 Å². The van der Waals surface area contributed by atoms with Gasteiger partial charge in [0.1, 0.15) is 0 Å². The third kappa shape index (κ3) is 4.05. The number of nitrogens with one attached hydrogen (secondary N) is 2. The molecule has 7 nitrogen and oxygen atoms in total. The molecule has 0 atom stereocenters. The minimum absolute atomic E-state index is 0.0447. The monoisotopic (exact) mass is 312 g/mol. The van der Waals surface area contributed by atoms with Gasteiger partial charge in [0.25, 0.3) is 0 Å². The van der Waals surface area contributed by atoms with Crippen LogP contribution in [0, 0.1) is 5.92 Å². The molecule has 0 unspecified atom stereocenters. The summed E-state index contributed by atoms with van der Waals surface area (Å²) in [4.78, 5) is 30.0. The van der Waals surface area contributed by atoms with E-state index in [-0.39, 0.29) is 10.7 Å². The molecule has 2 heterocycles. The van der Waals surface area contributed by atoms with Crippen LogP contribution in [0.3, 0.4) is 0 Å². The fourth-order valence-electron chi connectivity index (χ4n) is 2.32. The van der Waals surface area contributed by atoms with Crippen molar-refractivity contribution in [2.45, 2.75) is 19.4 Å². The minimum Gasteiger partial charge on any atom is -0.379 e. The lowest BCUT2D eigenvalue weighted by Gasteiger charge is -2.39. The highest BCUT2D eigenvalue weighted by atomic mass is 32.1. The Labute approximate surface area is 129 Å². The zero-order valence-corrected chi connectivity index (χ0v) is 13.0. The van der Waals surface area contributed by atoms with Crippen LogP contribution in [-0.4, -0.2) is 66.4 Å². The molecule has 0 radical (unpaired) electrons. The Morgan fingerprint density at radius 1 is 1.33 bits per heavy atom. The van der Waals surface area contributed by atoms with Gasteiger partial charge >= 0.3 is 0 Å². The molecular weight excluding hydrogens is 292 g/mol. The molecule has 0 aliphatic carbocycles. The Balaban J connectivity index is 1.93. The van der Waals surface area contributed by atoms with Crippen molar-refractivity contribution in [1.29, 1.82) is 0 Å². The van der Waals surface area contributed by atoms with E-state index in [1.807, 2.05) is 0 Å². The van der Waals surface area contributed by atoms with E-state index >= 15 is 0 Å². The van der Waals surface area contributed by atoms with E-state index in [9.17, 15) is 9.59 Å². The van der Waals surface area contributed by atoms with Gasteiger partial charge in [-0.2, -0.15) is 0 Å². The summed E-state index contributed by atoms with van der Waals surface area (Å²) in [7, 11) is 0. The van der Waals surface area contributed by atoms with Crippen molar-refractivity contribution in [2.75, 3.05) is 32.8 Å². The van der Waals surface area contributed by atoms with Crippen LogP contribution in [0.5, 0.6) is 0 Å². The number of hydrogen-bond donors (Lipinski definition) is 2. The van der Waals surface area contributed by atoms with E-state index < -0.39 is 17.7 Å². The van der Waals surface area contributed by atoms with Gasteiger partial charge in [0.15, 0.2) is 11.0 Å². The smallest absolute Gasteiger partial charge is 0.244 e. The number of ether oxygens (including phenoxy) is 1. The van der Waals surface area contributed by atoms with Crippen LogP contribution >= 0.6 is 12.2 Å². The van der Waals surface area contributed by atoms with Crippen LogP contribution in [0.25, 0.3) is 0 Å². The SMILES string of the molecule is CC(C)(CN=CC1C(=O)NC(=S)NC1=O)N1CCOCC1. The van der Waals surface area contributed by atoms with E-state index in [2.05, 4.69) is 34.4 Å². The molecule has 2 aliphatic heterocycles. The predicted octanol–water partition coefficient (Wildman–Crippen LogP) is -0.685. The Morgan fingerprint density at radius 3 is 2.48 bits per heavy atom. The number of aliphatic imine (C=N–C) groups is 1. The quantitative estimate of drug-likeness (QED) is 0.408. The first-order valence-corrected chi connectivity index (χ1v) is 7.29. The molecule has 2 N–H and O–H groups in total. The maximum atomic E-state index is 11.7. The van der Waals surface area contributed by atoms with Crippen molar-refractivity contribution in [1.82, 2.24) is 15.5 Å². The van der Waals surface area contributed by atoms with Crippen molar-refractivity contribution in [3.8, 4) is 0 Å². The lowest BCUT2D eigenvalue weighted by Crippen LogP contribution is -2.56. The van der Waals surface area contributed by atoms with E-state index in [1.54, 1.807) is 0 Å². The molecule has 21 heavy (non-hydrogen) atoms. The summed E-state index contributed by atoms with van der Waals surface area (Å²) >= 11 is 4.74. The number of thiocarbonyl (C=S) groups is 1. The molecule has 0 spiro atoms. The van der Waals surface area contributed by atoms with Gasteiger partial charge in [0.05, 0.1) is 19.8 Å². The highest BCUT2D eigenvalue weighted by Gasteiger charge is 2.32. The fourth-order valence-corrected chi connectivity index (χ4v) is 2.52. The Hall–Kier alpha value is -1.38. The largest absolute Gasteiger partial charge is 0.379 e. The number of rotatable bonds is 4. The third-order valence-electron chi connectivity index (χ3n) is 3.64. The summed E-state index contributed by atoms with van der Waals surface area (Å²) in [6, 6.07) is 0. The number of morpholine rings is 1. The normalized spacial score (nSPS) is 22.5. The zero-order valence-electron chi connectivity index (χ0n) is 12.2. The number of hydrogen-bond acceptors (Lipinski definition) is 6. The molecule has 8 heteroatoms. The number of amides is 2. The maximum absolute atomic E-state index is 11.7. The van der Waals surface area contributed by atoms with Crippen LogP contribution in [-0.2, 0) is 14.3 Å². The van der Waals surface area contributed by atoms with Crippen LogP contribution in [0.1, 0.15) is 13.8 Å². The number of carbonyl (C=O) groups excluding carboxylic acids is 2. The average Bonchev–Trinajstić information content (AvgIpc) is 2.42. The summed E-state index contributed by atoms with van der Waals surface area (Å²) in [5.74, 6) is -1.79. The molecule has 2 saturated heterocycles. The molecule has 0 aromatic heterocycles. The van der Waals surface area contributed by atoms with Crippen molar-refractivity contribution < 1.29 is 14.3 Å². The number of carbonyl (C=O) groups is 2. The lowest BCUT2D eigenvalue weighted by molar-refractivity contribution is -0.131. The van der Waals surface area contributed by atoms with E-state index in [1.165, 1.54) is 6.21 Å². The highest BCUT2D eigenvalue weighted by molar-refractivity contribution is 7.80. The second-order valence-corrected chi connectivity index (χ2v) is 6.10. The van der Waals surface area contributed by atoms with Crippen molar-refractivity contribution in [3.63, 3.8) is 0 Å². The summed E-state index contributed by atoms with van der Waals surface area (Å²) in [6.07, 6.45) is 1.40. The van der Waals surface area contributed by atoms with Crippen LogP contribution in [0.15, 0.2) is 4.99 Å². The summed E-state index contributed by atoms with van der Waals surface area (Å²) in [6.45, 7) is 7.85. The lowest BCUT2D eigenvalue weighted by atomic mass is 10.0. The summed E-state index contributed by atoms with van der Waals surface area (Å²) in [5, 5.41) is 4.87. The van der Waals surface area contributed by atoms with Crippen LogP contribution < -0.4 is 10.6 Å². The van der Waals surface area contributed by atoms with Gasteiger partial charge in [0, 0.05) is 24.8 Å². The van der Waals surface area contributed by atoms with Gasteiger partial charge in [0.2, 0.25) is 11.8 Å². The molecule has 2 fully saturated rings. The molecular formula is C13H20N4O3S. The van der Waals surface area contributed by atoms with Gasteiger partial charge < -0.3 is 15.4 Å². The van der Waals surface area contributed by atoms with Gasteiger partial charge in [-0.3, -0.25) is 19.5 Å². The molecule has 0 saturated carbocycles. The highest BCUT2D eigenvalue weighted by Crippen LogP contribution is 2.16. The minimum atomic E-state index is -0.919. The van der Waals surface area contributed by atoms with Crippen molar-refractivity contribution in [3.05, 3.63) is 0 Å². The summed E-state index contributed by atoms with van der Waals surface area (Å²) < 4.78 is 5.33. The standard InChI is InChI=1S/C13H20N4O3S/c1-13(2,17-3-5-20-6-4-17)8-14-7-9-10(18)15-12(21)16-11(9)19/h7,9H,3-6,8H2,1-2H3,(H2,15,16,18,19,21). The van der Waals surface area contributed by atoms with Gasteiger partial charge in [-0.25, -0.2) is 0 Å². The van der Waals surface area contributed by atoms with Crippen LogP contribution in [0.2, 0.25) is 0 Å². The van der Waals surface area contributed by atoms with Gasteiger partial charge in [-0.15, -0.1) is 0 Å². The van der Waals surface area contributed by atoms with E-state index in [0.29, 0.717) is 6.54 Å². The number of nitrogens with zero attached hydrogens (tertiary/aromatic N) is 2. The average molecular weight is 312 g/mol. The second-order valence-electron chi connectivity index (χ2n) is 5.69. The predicted molar refractivity (Wildman–Crippen MR) is 82.2 cm³/mol. The molecule has 2 aliphatic rings. The van der Waals surface area contributed by atoms with Crippen LogP contribution in [0.4, 0.5) is 0 Å².